The topological polar surface area (TPSA) is 77.3 Å². The van der Waals surface area contributed by atoms with Gasteiger partial charge in [-0.15, -0.1) is 0 Å². The van der Waals surface area contributed by atoms with Crippen LogP contribution in [0.1, 0.15) is 17.5 Å². The summed E-state index contributed by atoms with van der Waals surface area (Å²) in [6.07, 6.45) is -0.469. The first-order valence-corrected chi connectivity index (χ1v) is 8.85. The van der Waals surface area contributed by atoms with Crippen molar-refractivity contribution in [2.75, 3.05) is 14.1 Å². The molecule has 28 heavy (non-hydrogen) atoms. The van der Waals surface area contributed by atoms with Crippen molar-refractivity contribution in [2.24, 2.45) is 10.2 Å². The van der Waals surface area contributed by atoms with Crippen LogP contribution in [0, 0.1) is 0 Å². The van der Waals surface area contributed by atoms with E-state index in [4.69, 9.17) is 24.4 Å². The first-order valence-electron chi connectivity index (χ1n) is 8.03. The second-order valence-electron chi connectivity index (χ2n) is 5.55. The summed E-state index contributed by atoms with van der Waals surface area (Å²) in [5, 5.41) is 34.2. The van der Waals surface area contributed by atoms with Crippen LogP contribution in [0.3, 0.4) is 0 Å². The Bertz CT molecular complexity index is 789. The summed E-state index contributed by atoms with van der Waals surface area (Å²) in [7, 11) is 3.12. The maximum atomic E-state index is 12.0. The fourth-order valence-electron chi connectivity index (χ4n) is 2.16. The first-order chi connectivity index (χ1) is 12.9. The zero-order valence-electron chi connectivity index (χ0n) is 15.2. The number of hydrogen-bond acceptors (Lipinski definition) is 6. The normalized spacial score (nSPS) is 11.4. The molecule has 2 rings (SSSR count). The van der Waals surface area contributed by atoms with E-state index in [0.717, 1.165) is 11.1 Å². The van der Waals surface area contributed by atoms with E-state index in [1.54, 1.807) is 14.1 Å². The summed E-state index contributed by atoms with van der Waals surface area (Å²) in [5.41, 5.74) is 1.52. The second-order valence-corrected chi connectivity index (χ2v) is 6.33. The van der Waals surface area contributed by atoms with Crippen LogP contribution >= 0.6 is 24.4 Å². The molecular formula is C19H18N4O2PdS2. The van der Waals surface area contributed by atoms with Crippen LogP contribution in [0.15, 0.2) is 70.9 Å². The standard InChI is InChI=1S/C19H20N4O2S2.Pd/c1-22(18(26)14-9-5-3-6-10-14)20-16(24)13-17(25)21-23(2)19(27)15-11-7-4-8-12-15;/h3-12H,13H2,1-2H3,(H,20,24)(H,21,25);/q;+2/p-2. The van der Waals surface area contributed by atoms with Crippen LogP contribution in [0.2, 0.25) is 0 Å². The second kappa shape index (κ2) is 11.6. The third-order valence-corrected chi connectivity index (χ3v) is 4.45. The Labute approximate surface area is 188 Å². The summed E-state index contributed by atoms with van der Waals surface area (Å²) in [6, 6.07) is 18.4. The van der Waals surface area contributed by atoms with E-state index in [2.05, 4.69) is 10.2 Å². The molecular weight excluding hydrogens is 487 g/mol. The summed E-state index contributed by atoms with van der Waals surface area (Å²) >= 11 is 10.6. The van der Waals surface area contributed by atoms with Gasteiger partial charge in [0.25, 0.3) is 0 Å². The molecule has 0 aliphatic heterocycles. The molecule has 2 aromatic carbocycles. The maximum Gasteiger partial charge on any atom is 2.00 e. The van der Waals surface area contributed by atoms with Crippen molar-refractivity contribution in [3.63, 3.8) is 0 Å². The Morgan fingerprint density at radius 3 is 1.39 bits per heavy atom. The van der Waals surface area contributed by atoms with Crippen molar-refractivity contribution < 1.29 is 30.6 Å². The molecule has 0 radical (unpaired) electrons. The predicted molar refractivity (Wildman–Crippen MR) is 111 cm³/mol. The fourth-order valence-corrected chi connectivity index (χ4v) is 2.51. The molecule has 0 spiro atoms. The number of rotatable bonds is 6. The van der Waals surface area contributed by atoms with Crippen molar-refractivity contribution in [2.45, 2.75) is 6.42 Å². The maximum absolute atomic E-state index is 12.0. The minimum atomic E-state index is -0.636. The molecule has 0 aliphatic rings. The van der Waals surface area contributed by atoms with Gasteiger partial charge in [0.05, 0.1) is 0 Å². The third-order valence-electron chi connectivity index (χ3n) is 3.45. The zero-order valence-corrected chi connectivity index (χ0v) is 18.4. The largest absolute Gasteiger partial charge is 2.00 e. The average molecular weight is 505 g/mol. The molecule has 6 nitrogen and oxygen atoms in total. The fraction of sp³-hybridized carbons (Fsp3) is 0.158. The summed E-state index contributed by atoms with van der Waals surface area (Å²) in [6.45, 7) is 0. The SMILES string of the molecule is CN(/N=C(\[O-])C/C([O-])=N/N(C)C(=S)c1ccccc1)C(=S)c1ccccc1.[Pd+2]. The molecule has 2 aromatic rings. The van der Waals surface area contributed by atoms with E-state index < -0.39 is 18.2 Å². The van der Waals surface area contributed by atoms with Gasteiger partial charge in [0.15, 0.2) is 0 Å². The minimum absolute atomic E-state index is 0. The van der Waals surface area contributed by atoms with Crippen molar-refractivity contribution in [3.8, 4) is 0 Å². The summed E-state index contributed by atoms with van der Waals surface area (Å²) in [4.78, 5) is 0.770. The molecule has 0 atom stereocenters. The molecule has 0 fully saturated rings. The van der Waals surface area contributed by atoms with E-state index in [0.29, 0.717) is 9.98 Å². The number of thiocarbonyl (C=S) groups is 2. The van der Waals surface area contributed by atoms with E-state index in [-0.39, 0.29) is 20.4 Å². The van der Waals surface area contributed by atoms with Gasteiger partial charge in [0.2, 0.25) is 0 Å². The summed E-state index contributed by atoms with van der Waals surface area (Å²) < 4.78 is 0. The number of benzene rings is 2. The zero-order chi connectivity index (χ0) is 19.8. The smallest absolute Gasteiger partial charge is 0.860 e. The third kappa shape index (κ3) is 7.09. The number of nitrogens with zero attached hydrogens (tertiary/aromatic N) is 4. The van der Waals surface area contributed by atoms with Crippen LogP contribution in [-0.2, 0) is 20.4 Å². The Kier molecular flexibility index (Phi) is 9.90. The van der Waals surface area contributed by atoms with Crippen LogP contribution in [0.5, 0.6) is 0 Å². The Morgan fingerprint density at radius 2 is 1.07 bits per heavy atom. The first kappa shape index (κ1) is 23.9. The van der Waals surface area contributed by atoms with Crippen molar-refractivity contribution >= 4 is 46.2 Å². The van der Waals surface area contributed by atoms with Gasteiger partial charge in [-0.1, -0.05) is 85.1 Å². The van der Waals surface area contributed by atoms with E-state index in [1.807, 2.05) is 60.7 Å². The molecule has 0 unspecified atom stereocenters. The van der Waals surface area contributed by atoms with Gasteiger partial charge in [-0.2, -0.15) is 10.2 Å². The van der Waals surface area contributed by atoms with Gasteiger partial charge in [0, 0.05) is 31.6 Å². The monoisotopic (exact) mass is 504 g/mol. The van der Waals surface area contributed by atoms with Gasteiger partial charge in [-0.3, -0.25) is 10.0 Å². The van der Waals surface area contributed by atoms with Crippen LogP contribution in [-0.4, -0.2) is 45.9 Å². The van der Waals surface area contributed by atoms with Crippen LogP contribution < -0.4 is 10.2 Å². The molecule has 0 heterocycles. The van der Waals surface area contributed by atoms with E-state index in [9.17, 15) is 10.2 Å². The van der Waals surface area contributed by atoms with Gasteiger partial charge in [-0.25, -0.2) is 0 Å². The van der Waals surface area contributed by atoms with E-state index in [1.165, 1.54) is 10.0 Å². The summed E-state index contributed by atoms with van der Waals surface area (Å²) in [5.74, 6) is -1.27. The van der Waals surface area contributed by atoms with Crippen molar-refractivity contribution in [1.82, 2.24) is 10.0 Å². The van der Waals surface area contributed by atoms with Gasteiger partial charge >= 0.3 is 20.4 Å². The Morgan fingerprint density at radius 1 is 0.750 bits per heavy atom. The molecule has 0 saturated carbocycles. The molecule has 0 saturated heterocycles. The van der Waals surface area contributed by atoms with Crippen LogP contribution in [0.4, 0.5) is 0 Å². The minimum Gasteiger partial charge on any atom is -0.860 e. The predicted octanol–water partition coefficient (Wildman–Crippen LogP) is 1.34. The van der Waals surface area contributed by atoms with E-state index >= 15 is 0 Å². The molecule has 0 aliphatic carbocycles. The van der Waals surface area contributed by atoms with Gasteiger partial charge in [-0.05, 0) is 11.8 Å². The quantitative estimate of drug-likeness (QED) is 0.194. The molecule has 0 amide bonds. The molecule has 0 aromatic heterocycles. The van der Waals surface area contributed by atoms with Crippen LogP contribution in [0.25, 0.3) is 0 Å². The number of hydrazone groups is 2. The average Bonchev–Trinajstić information content (AvgIpc) is 2.67. The van der Waals surface area contributed by atoms with Crippen molar-refractivity contribution in [3.05, 3.63) is 71.8 Å². The van der Waals surface area contributed by atoms with Gasteiger partial charge < -0.3 is 10.2 Å². The number of hydrogen-bond donors (Lipinski definition) is 0. The Balaban J connectivity index is 0.00000392. The molecule has 9 heteroatoms. The van der Waals surface area contributed by atoms with Gasteiger partial charge in [0.1, 0.15) is 9.98 Å². The molecule has 148 valence electrons. The Hall–Kier alpha value is -2.18. The molecule has 0 bridgehead atoms. The van der Waals surface area contributed by atoms with Crippen molar-refractivity contribution in [1.29, 1.82) is 0 Å². The molecule has 0 N–H and O–H groups in total.